The molecule has 1 heterocycles. The monoisotopic (exact) mass is 288 g/mol. The van der Waals surface area contributed by atoms with Crippen LogP contribution in [0.5, 0.6) is 0 Å². The molecular weight excluding hydrogens is 268 g/mol. The summed E-state index contributed by atoms with van der Waals surface area (Å²) < 4.78 is 2.37. The first kappa shape index (κ1) is 13.6. The van der Waals surface area contributed by atoms with Crippen LogP contribution in [0.25, 0.3) is 10.9 Å². The van der Waals surface area contributed by atoms with Gasteiger partial charge < -0.3 is 4.98 Å². The van der Waals surface area contributed by atoms with Crippen LogP contribution in [0.4, 0.5) is 0 Å². The Morgan fingerprint density at radius 3 is 2.80 bits per heavy atom. The summed E-state index contributed by atoms with van der Waals surface area (Å²) in [5.41, 5.74) is 0.880. The molecule has 0 spiro atoms. The molecule has 1 aliphatic carbocycles. The first-order chi connectivity index (χ1) is 9.59. The normalized spacial score (nSPS) is 26.8. The van der Waals surface area contributed by atoms with Crippen molar-refractivity contribution in [3.8, 4) is 0 Å². The number of nitrogens with zero attached hydrogens (tertiary/aromatic N) is 1. The highest BCUT2D eigenvalue weighted by Crippen LogP contribution is 2.37. The molecular formula is C16H20N2OS. The summed E-state index contributed by atoms with van der Waals surface area (Å²) in [4.78, 5) is 16.0. The van der Waals surface area contributed by atoms with Crippen LogP contribution in [0.15, 0.2) is 29.1 Å². The van der Waals surface area contributed by atoms with Gasteiger partial charge in [0.2, 0.25) is 0 Å². The summed E-state index contributed by atoms with van der Waals surface area (Å²) in [5.74, 6) is 1.12. The Bertz CT molecular complexity index is 746. The fourth-order valence-electron chi connectivity index (χ4n) is 3.40. The lowest BCUT2D eigenvalue weighted by molar-refractivity contribution is 0.181. The third-order valence-electron chi connectivity index (χ3n) is 4.83. The average molecular weight is 288 g/mol. The molecule has 0 amide bonds. The number of para-hydroxylation sites is 1. The first-order valence-corrected chi connectivity index (χ1v) is 7.74. The molecule has 3 atom stereocenters. The number of benzene rings is 1. The molecule has 1 aromatic carbocycles. The van der Waals surface area contributed by atoms with E-state index >= 15 is 0 Å². The lowest BCUT2D eigenvalue weighted by Gasteiger charge is -2.35. The third kappa shape index (κ3) is 2.12. The zero-order valence-corrected chi connectivity index (χ0v) is 12.7. The number of nitrogens with one attached hydrogen (secondary N) is 1. The minimum atomic E-state index is 0.0512. The van der Waals surface area contributed by atoms with Gasteiger partial charge in [-0.2, -0.15) is 0 Å². The van der Waals surface area contributed by atoms with E-state index in [1.807, 2.05) is 28.8 Å². The largest absolute Gasteiger partial charge is 0.332 e. The Balaban J connectivity index is 2.21. The van der Waals surface area contributed by atoms with Gasteiger partial charge in [-0.1, -0.05) is 38.8 Å². The van der Waals surface area contributed by atoms with Gasteiger partial charge in [-0.15, -0.1) is 0 Å². The molecule has 2 aromatic rings. The zero-order valence-electron chi connectivity index (χ0n) is 11.9. The average Bonchev–Trinajstić information content (AvgIpc) is 2.43. The van der Waals surface area contributed by atoms with Crippen LogP contribution in [0.3, 0.4) is 0 Å². The van der Waals surface area contributed by atoms with Crippen molar-refractivity contribution < 1.29 is 0 Å². The Morgan fingerprint density at radius 1 is 1.25 bits per heavy atom. The maximum absolute atomic E-state index is 12.8. The lowest BCUT2D eigenvalue weighted by atomic mass is 9.78. The predicted octanol–water partition coefficient (Wildman–Crippen LogP) is 4.06. The van der Waals surface area contributed by atoms with Gasteiger partial charge in [-0.3, -0.25) is 9.36 Å². The smallest absolute Gasteiger partial charge is 0.262 e. The standard InChI is InChI=1S/C16H20N2OS/c1-10-6-5-9-14(11(10)2)18-15(19)12-7-3-4-8-13(12)17-16(18)20/h3-4,7-8,10-11,14H,5-6,9H2,1-2H3,(H,17,20)/t10-,11-,14-/m0/s1. The highest BCUT2D eigenvalue weighted by Gasteiger charge is 2.29. The first-order valence-electron chi connectivity index (χ1n) is 7.33. The highest BCUT2D eigenvalue weighted by molar-refractivity contribution is 7.71. The van der Waals surface area contributed by atoms with Crippen molar-refractivity contribution in [1.29, 1.82) is 0 Å². The van der Waals surface area contributed by atoms with Crippen LogP contribution in [0, 0.1) is 16.6 Å². The molecule has 1 aromatic heterocycles. The third-order valence-corrected chi connectivity index (χ3v) is 5.13. The Hall–Kier alpha value is -1.42. The van der Waals surface area contributed by atoms with Gasteiger partial charge in [0.05, 0.1) is 10.9 Å². The number of aromatic amines is 1. The quantitative estimate of drug-likeness (QED) is 0.804. The molecule has 0 saturated heterocycles. The summed E-state index contributed by atoms with van der Waals surface area (Å²) in [6.45, 7) is 4.51. The van der Waals surface area contributed by atoms with Gasteiger partial charge in [0.25, 0.3) is 5.56 Å². The van der Waals surface area contributed by atoms with Crippen molar-refractivity contribution in [3.05, 3.63) is 39.4 Å². The van der Waals surface area contributed by atoms with Gasteiger partial charge in [0, 0.05) is 6.04 Å². The number of hydrogen-bond acceptors (Lipinski definition) is 2. The van der Waals surface area contributed by atoms with Gasteiger partial charge in [0.1, 0.15) is 0 Å². The second-order valence-corrected chi connectivity index (χ2v) is 6.37. The number of H-pyrrole nitrogens is 1. The van der Waals surface area contributed by atoms with Crippen LogP contribution >= 0.6 is 12.2 Å². The van der Waals surface area contributed by atoms with E-state index in [1.54, 1.807) is 0 Å². The molecule has 0 aliphatic heterocycles. The zero-order chi connectivity index (χ0) is 14.3. The van der Waals surface area contributed by atoms with Crippen LogP contribution in [0.1, 0.15) is 39.2 Å². The summed E-state index contributed by atoms with van der Waals surface area (Å²) in [5, 5.41) is 0.728. The summed E-state index contributed by atoms with van der Waals surface area (Å²) >= 11 is 5.45. The Morgan fingerprint density at radius 2 is 2.00 bits per heavy atom. The summed E-state index contributed by atoms with van der Waals surface area (Å²) in [7, 11) is 0. The topological polar surface area (TPSA) is 37.8 Å². The molecule has 3 nitrogen and oxygen atoms in total. The fourth-order valence-corrected chi connectivity index (χ4v) is 3.72. The van der Waals surface area contributed by atoms with Crippen LogP contribution in [-0.2, 0) is 0 Å². The molecule has 3 rings (SSSR count). The van der Waals surface area contributed by atoms with E-state index in [0.29, 0.717) is 16.6 Å². The SMILES string of the molecule is C[C@H]1[C@@H](C)CCC[C@@H]1n1c(=S)[nH]c2ccccc2c1=O. The molecule has 106 valence electrons. The number of hydrogen-bond donors (Lipinski definition) is 1. The molecule has 1 fully saturated rings. The molecule has 0 bridgehead atoms. The molecule has 0 radical (unpaired) electrons. The van der Waals surface area contributed by atoms with Crippen molar-refractivity contribution in [1.82, 2.24) is 9.55 Å². The van der Waals surface area contributed by atoms with E-state index in [0.717, 1.165) is 17.3 Å². The van der Waals surface area contributed by atoms with Crippen molar-refractivity contribution in [2.24, 2.45) is 11.8 Å². The molecule has 0 unspecified atom stereocenters. The van der Waals surface area contributed by atoms with Crippen molar-refractivity contribution in [2.75, 3.05) is 0 Å². The number of rotatable bonds is 1. The van der Waals surface area contributed by atoms with Crippen LogP contribution < -0.4 is 5.56 Å². The molecule has 20 heavy (non-hydrogen) atoms. The van der Waals surface area contributed by atoms with Gasteiger partial charge >= 0.3 is 0 Å². The maximum atomic E-state index is 12.8. The second-order valence-electron chi connectivity index (χ2n) is 5.99. The van der Waals surface area contributed by atoms with E-state index in [2.05, 4.69) is 18.8 Å². The summed E-state index contributed by atoms with van der Waals surface area (Å²) in [6, 6.07) is 7.82. The predicted molar refractivity (Wildman–Crippen MR) is 84.6 cm³/mol. The van der Waals surface area contributed by atoms with Crippen LogP contribution in [0.2, 0.25) is 0 Å². The molecule has 1 aliphatic rings. The van der Waals surface area contributed by atoms with E-state index in [9.17, 15) is 4.79 Å². The minimum Gasteiger partial charge on any atom is -0.332 e. The lowest BCUT2D eigenvalue weighted by Crippen LogP contribution is -2.34. The van der Waals surface area contributed by atoms with E-state index in [1.165, 1.54) is 12.8 Å². The molecule has 1 saturated carbocycles. The van der Waals surface area contributed by atoms with E-state index < -0.39 is 0 Å². The van der Waals surface area contributed by atoms with Gasteiger partial charge in [-0.25, -0.2) is 0 Å². The molecule has 1 N–H and O–H groups in total. The van der Waals surface area contributed by atoms with Gasteiger partial charge in [0.15, 0.2) is 4.77 Å². The van der Waals surface area contributed by atoms with E-state index in [4.69, 9.17) is 12.2 Å². The summed E-state index contributed by atoms with van der Waals surface area (Å²) in [6.07, 6.45) is 3.46. The second kappa shape index (κ2) is 5.17. The van der Waals surface area contributed by atoms with E-state index in [-0.39, 0.29) is 11.6 Å². The van der Waals surface area contributed by atoms with Gasteiger partial charge in [-0.05, 0) is 42.6 Å². The number of fused-ring (bicyclic) bond motifs is 1. The van der Waals surface area contributed by atoms with Crippen molar-refractivity contribution >= 4 is 23.1 Å². The Labute approximate surface area is 123 Å². The minimum absolute atomic E-state index is 0.0512. The van der Waals surface area contributed by atoms with Crippen LogP contribution in [-0.4, -0.2) is 9.55 Å². The van der Waals surface area contributed by atoms with Crippen molar-refractivity contribution in [3.63, 3.8) is 0 Å². The highest BCUT2D eigenvalue weighted by atomic mass is 32.1. The number of aromatic nitrogens is 2. The molecule has 4 heteroatoms. The van der Waals surface area contributed by atoms with Crippen molar-refractivity contribution in [2.45, 2.75) is 39.2 Å². The Kier molecular flexibility index (Phi) is 3.50. The fraction of sp³-hybridized carbons (Fsp3) is 0.500. The maximum Gasteiger partial charge on any atom is 0.262 e.